The van der Waals surface area contributed by atoms with Crippen LogP contribution in [-0.2, 0) is 0 Å². The molecule has 0 saturated carbocycles. The van der Waals surface area contributed by atoms with Crippen molar-refractivity contribution in [1.29, 1.82) is 0 Å². The van der Waals surface area contributed by atoms with Gasteiger partial charge < -0.3 is 20.8 Å². The van der Waals surface area contributed by atoms with Gasteiger partial charge in [0.05, 0.1) is 12.8 Å². The number of hydrogen-bond donors (Lipinski definition) is 3. The van der Waals surface area contributed by atoms with E-state index in [0.717, 1.165) is 39.4 Å². The molecule has 1 aliphatic rings. The molecule has 1 aromatic heterocycles. The maximum Gasteiger partial charge on any atom is 0.316 e. The lowest BCUT2D eigenvalue weighted by molar-refractivity contribution is 0.259. The number of nitrogens with two attached hydrogens (primary N) is 1. The van der Waals surface area contributed by atoms with Crippen LogP contribution in [0, 0.1) is 0 Å². The highest BCUT2D eigenvalue weighted by Gasteiger charge is 2.14. The van der Waals surface area contributed by atoms with Crippen LogP contribution in [0.3, 0.4) is 0 Å². The van der Waals surface area contributed by atoms with Crippen LogP contribution in [0.1, 0.15) is 11.3 Å². The zero-order valence-electron chi connectivity index (χ0n) is 14.7. The molecule has 0 unspecified atom stereocenters. The Bertz CT molecular complexity index is 1080. The lowest BCUT2D eigenvalue weighted by Gasteiger charge is -2.05. The number of aliphatic imine (C=N–C) groups is 1. The van der Waals surface area contributed by atoms with E-state index >= 15 is 0 Å². The first-order chi connectivity index (χ1) is 13.1. The third kappa shape index (κ3) is 3.46. The number of carbonyl (C=O) groups is 1. The largest absolute Gasteiger partial charge is 0.497 e. The number of nitrogens with zero attached hydrogens (tertiary/aromatic N) is 1. The number of amides is 2. The van der Waals surface area contributed by atoms with Crippen molar-refractivity contribution in [3.8, 4) is 16.9 Å². The zero-order valence-corrected chi connectivity index (χ0v) is 14.7. The van der Waals surface area contributed by atoms with Crippen molar-refractivity contribution < 1.29 is 9.53 Å². The first-order valence-corrected chi connectivity index (χ1v) is 8.42. The number of urea groups is 1. The second-order valence-corrected chi connectivity index (χ2v) is 6.15. The van der Waals surface area contributed by atoms with Crippen molar-refractivity contribution in [2.75, 3.05) is 12.4 Å². The van der Waals surface area contributed by atoms with Gasteiger partial charge in [0.1, 0.15) is 5.75 Å². The van der Waals surface area contributed by atoms with E-state index in [0.29, 0.717) is 5.69 Å². The SMILES string of the molecule is COc1cccc(-c2c[nH]c(C=C3C=Nc4ccc(NC(N)=O)cc43)c2)c1. The summed E-state index contributed by atoms with van der Waals surface area (Å²) in [6.45, 7) is 0. The van der Waals surface area contributed by atoms with Crippen LogP contribution in [0.15, 0.2) is 59.7 Å². The van der Waals surface area contributed by atoms with Crippen LogP contribution in [0.4, 0.5) is 16.2 Å². The zero-order chi connectivity index (χ0) is 18.8. The van der Waals surface area contributed by atoms with E-state index in [1.54, 1.807) is 13.2 Å². The molecule has 2 amide bonds. The molecular weight excluding hydrogens is 340 g/mol. The van der Waals surface area contributed by atoms with Gasteiger partial charge in [-0.25, -0.2) is 4.79 Å². The number of aromatic amines is 1. The summed E-state index contributed by atoms with van der Waals surface area (Å²) in [5.74, 6) is 0.819. The van der Waals surface area contributed by atoms with Gasteiger partial charge >= 0.3 is 6.03 Å². The fraction of sp³-hybridized carbons (Fsp3) is 0.0476. The van der Waals surface area contributed by atoms with E-state index < -0.39 is 6.03 Å². The van der Waals surface area contributed by atoms with Crippen LogP contribution in [0.25, 0.3) is 22.8 Å². The van der Waals surface area contributed by atoms with Crippen molar-refractivity contribution >= 4 is 35.3 Å². The van der Waals surface area contributed by atoms with Gasteiger partial charge in [-0.2, -0.15) is 0 Å². The van der Waals surface area contributed by atoms with Gasteiger partial charge in [-0.1, -0.05) is 12.1 Å². The number of fused-ring (bicyclic) bond motifs is 1. The van der Waals surface area contributed by atoms with Gasteiger partial charge in [-0.3, -0.25) is 4.99 Å². The summed E-state index contributed by atoms with van der Waals surface area (Å²) in [6.07, 6.45) is 5.79. The summed E-state index contributed by atoms with van der Waals surface area (Å²) >= 11 is 0. The maximum absolute atomic E-state index is 11.1. The Labute approximate surface area is 156 Å². The van der Waals surface area contributed by atoms with Crippen molar-refractivity contribution in [2.45, 2.75) is 0 Å². The summed E-state index contributed by atoms with van der Waals surface area (Å²) in [4.78, 5) is 18.8. The molecule has 2 aromatic carbocycles. The molecule has 0 fully saturated rings. The number of primary amides is 1. The molecular formula is C21H18N4O2. The molecule has 0 radical (unpaired) electrons. The van der Waals surface area contributed by atoms with Crippen LogP contribution in [0.5, 0.6) is 5.75 Å². The highest BCUT2D eigenvalue weighted by Crippen LogP contribution is 2.35. The fourth-order valence-corrected chi connectivity index (χ4v) is 3.06. The van der Waals surface area contributed by atoms with Crippen molar-refractivity contribution in [3.63, 3.8) is 0 Å². The number of rotatable bonds is 4. The number of allylic oxidation sites excluding steroid dienone is 1. The summed E-state index contributed by atoms with van der Waals surface area (Å²) in [5, 5.41) is 2.59. The Morgan fingerprint density at radius 2 is 2.07 bits per heavy atom. The third-order valence-electron chi connectivity index (χ3n) is 4.34. The van der Waals surface area contributed by atoms with Gasteiger partial charge in [-0.05, 0) is 53.6 Å². The van der Waals surface area contributed by atoms with E-state index in [-0.39, 0.29) is 0 Å². The Balaban J connectivity index is 1.64. The minimum atomic E-state index is -0.591. The summed E-state index contributed by atoms with van der Waals surface area (Å²) < 4.78 is 5.29. The minimum Gasteiger partial charge on any atom is -0.497 e. The maximum atomic E-state index is 11.1. The molecule has 6 nitrogen and oxygen atoms in total. The van der Waals surface area contributed by atoms with Crippen LogP contribution >= 0.6 is 0 Å². The van der Waals surface area contributed by atoms with Crippen LogP contribution < -0.4 is 15.8 Å². The summed E-state index contributed by atoms with van der Waals surface area (Å²) in [7, 11) is 1.66. The number of aromatic nitrogens is 1. The lowest BCUT2D eigenvalue weighted by atomic mass is 10.0. The smallest absolute Gasteiger partial charge is 0.316 e. The predicted molar refractivity (Wildman–Crippen MR) is 108 cm³/mol. The average molecular weight is 358 g/mol. The van der Waals surface area contributed by atoms with E-state index in [2.05, 4.69) is 21.4 Å². The number of hydrogen-bond acceptors (Lipinski definition) is 3. The molecule has 3 aromatic rings. The fourth-order valence-electron chi connectivity index (χ4n) is 3.06. The molecule has 2 heterocycles. The van der Waals surface area contributed by atoms with Crippen molar-refractivity contribution in [1.82, 2.24) is 4.98 Å². The third-order valence-corrected chi connectivity index (χ3v) is 4.34. The topological polar surface area (TPSA) is 92.5 Å². The van der Waals surface area contributed by atoms with E-state index in [1.165, 1.54) is 0 Å². The number of carbonyl (C=O) groups excluding carboxylic acids is 1. The first kappa shape index (κ1) is 16.7. The number of H-pyrrole nitrogens is 1. The highest BCUT2D eigenvalue weighted by atomic mass is 16.5. The summed E-state index contributed by atoms with van der Waals surface area (Å²) in [5.41, 5.74) is 11.7. The number of ether oxygens (including phenoxy) is 1. The predicted octanol–water partition coefficient (Wildman–Crippen LogP) is 4.44. The van der Waals surface area contributed by atoms with Gasteiger partial charge in [-0.15, -0.1) is 0 Å². The quantitative estimate of drug-likeness (QED) is 0.643. The summed E-state index contributed by atoms with van der Waals surface area (Å²) in [6, 6.07) is 14.9. The number of methoxy groups -OCH3 is 1. The average Bonchev–Trinajstić information content (AvgIpc) is 3.29. The van der Waals surface area contributed by atoms with Crippen molar-refractivity contribution in [2.24, 2.45) is 10.7 Å². The van der Waals surface area contributed by atoms with E-state index in [1.807, 2.05) is 54.9 Å². The monoisotopic (exact) mass is 358 g/mol. The molecule has 0 atom stereocenters. The molecule has 0 aliphatic carbocycles. The first-order valence-electron chi connectivity index (χ1n) is 8.42. The Kier molecular flexibility index (Phi) is 4.22. The normalized spacial score (nSPS) is 13.6. The molecule has 0 bridgehead atoms. The number of benzene rings is 2. The Hall–Kier alpha value is -3.80. The standard InChI is InChI=1S/C21H18N4O2/c1-27-18-4-2-3-13(9-18)14-7-17(23-11-14)8-15-12-24-20-6-5-16(10-19(15)20)25-21(22)26/h2-12,23H,1H3,(H3,22,25,26). The van der Waals surface area contributed by atoms with Gasteiger partial charge in [0, 0.05) is 34.9 Å². The molecule has 0 saturated heterocycles. The van der Waals surface area contributed by atoms with Crippen LogP contribution in [-0.4, -0.2) is 24.3 Å². The van der Waals surface area contributed by atoms with E-state index in [4.69, 9.17) is 10.5 Å². The molecule has 4 rings (SSSR count). The van der Waals surface area contributed by atoms with Crippen LogP contribution in [0.2, 0.25) is 0 Å². The lowest BCUT2D eigenvalue weighted by Crippen LogP contribution is -2.19. The van der Waals surface area contributed by atoms with Gasteiger partial charge in [0.2, 0.25) is 0 Å². The number of anilines is 1. The molecule has 1 aliphatic heterocycles. The molecule has 4 N–H and O–H groups in total. The molecule has 27 heavy (non-hydrogen) atoms. The van der Waals surface area contributed by atoms with E-state index in [9.17, 15) is 4.79 Å². The Morgan fingerprint density at radius 1 is 1.19 bits per heavy atom. The second-order valence-electron chi connectivity index (χ2n) is 6.15. The van der Waals surface area contributed by atoms with Crippen molar-refractivity contribution in [3.05, 3.63) is 66.0 Å². The highest BCUT2D eigenvalue weighted by molar-refractivity contribution is 6.21. The molecule has 6 heteroatoms. The minimum absolute atomic E-state index is 0.591. The Morgan fingerprint density at radius 3 is 2.89 bits per heavy atom. The molecule has 134 valence electrons. The van der Waals surface area contributed by atoms with Gasteiger partial charge in [0.15, 0.2) is 0 Å². The number of nitrogens with one attached hydrogen (secondary N) is 2. The van der Waals surface area contributed by atoms with Gasteiger partial charge in [0.25, 0.3) is 0 Å². The second kappa shape index (κ2) is 6.84. The molecule has 0 spiro atoms.